The van der Waals surface area contributed by atoms with Crippen LogP contribution in [0, 0.1) is 11.3 Å². The minimum absolute atomic E-state index is 0.0379. The lowest BCUT2D eigenvalue weighted by Gasteiger charge is -2.06. The maximum absolute atomic E-state index is 11.1. The van der Waals surface area contributed by atoms with Crippen molar-refractivity contribution in [2.45, 2.75) is 18.2 Å². The van der Waals surface area contributed by atoms with Gasteiger partial charge < -0.3 is 5.11 Å². The molecule has 0 aliphatic rings. The summed E-state index contributed by atoms with van der Waals surface area (Å²) in [6.07, 6.45) is 0.413. The Labute approximate surface area is 92.1 Å². The first-order valence-corrected chi connectivity index (χ1v) is 6.41. The lowest BCUT2D eigenvalue weighted by Crippen LogP contribution is -1.98. The normalized spacial score (nSPS) is 11.0. The first-order chi connectivity index (χ1) is 6.90. The number of hydrogen-bond acceptors (Lipinski definition) is 4. The van der Waals surface area contributed by atoms with E-state index in [0.29, 0.717) is 12.0 Å². The van der Waals surface area contributed by atoms with Crippen LogP contribution in [0.5, 0.6) is 5.75 Å². The summed E-state index contributed by atoms with van der Waals surface area (Å²) in [5.41, 5.74) is 0.454. The Balaban J connectivity index is 3.57. The zero-order chi connectivity index (χ0) is 11.6. The van der Waals surface area contributed by atoms with Crippen molar-refractivity contribution in [3.8, 4) is 11.8 Å². The first-order valence-electron chi connectivity index (χ1n) is 4.10. The van der Waals surface area contributed by atoms with Crippen LogP contribution in [0.15, 0.2) is 17.0 Å². The smallest absolute Gasteiger partial charge is 0.261 e. The highest BCUT2D eigenvalue weighted by Gasteiger charge is 2.17. The second kappa shape index (κ2) is 4.09. The second-order valence-electron chi connectivity index (χ2n) is 2.88. The van der Waals surface area contributed by atoms with Crippen LogP contribution >= 0.6 is 10.7 Å². The summed E-state index contributed by atoms with van der Waals surface area (Å²) >= 11 is 0. The molecule has 1 N–H and O–H groups in total. The molecule has 1 aromatic rings. The van der Waals surface area contributed by atoms with Gasteiger partial charge >= 0.3 is 0 Å². The molecule has 4 nitrogen and oxygen atoms in total. The Bertz CT molecular complexity index is 531. The number of nitrogens with zero attached hydrogens (tertiary/aromatic N) is 1. The van der Waals surface area contributed by atoms with E-state index in [4.69, 9.17) is 15.9 Å². The number of aromatic hydroxyl groups is 1. The molecule has 1 aromatic carbocycles. The third-order valence-electron chi connectivity index (χ3n) is 1.94. The molecule has 0 atom stereocenters. The van der Waals surface area contributed by atoms with E-state index >= 15 is 0 Å². The van der Waals surface area contributed by atoms with E-state index in [1.165, 1.54) is 6.07 Å². The quantitative estimate of drug-likeness (QED) is 0.806. The van der Waals surface area contributed by atoms with E-state index in [1.54, 1.807) is 13.0 Å². The van der Waals surface area contributed by atoms with Gasteiger partial charge in [0.15, 0.2) is 0 Å². The largest absolute Gasteiger partial charge is 0.507 e. The molecule has 1 rings (SSSR count). The van der Waals surface area contributed by atoms with Crippen molar-refractivity contribution < 1.29 is 13.5 Å². The third kappa shape index (κ3) is 2.41. The number of phenolic OH excluding ortho intramolecular Hbond substituents is 1. The number of aryl methyl sites for hydroxylation is 1. The fraction of sp³-hybridized carbons (Fsp3) is 0.222. The Hall–Kier alpha value is -1.25. The Morgan fingerprint density at radius 1 is 1.53 bits per heavy atom. The Morgan fingerprint density at radius 3 is 2.53 bits per heavy atom. The van der Waals surface area contributed by atoms with Gasteiger partial charge in [0.05, 0.1) is 10.5 Å². The number of phenols is 1. The molecule has 0 saturated carbocycles. The van der Waals surface area contributed by atoms with Crippen LogP contribution in [-0.4, -0.2) is 13.5 Å². The molecule has 0 aliphatic carbocycles. The summed E-state index contributed by atoms with van der Waals surface area (Å²) < 4.78 is 22.3. The number of benzene rings is 1. The zero-order valence-corrected chi connectivity index (χ0v) is 9.43. The van der Waals surface area contributed by atoms with Crippen molar-refractivity contribution in [3.05, 3.63) is 23.3 Å². The van der Waals surface area contributed by atoms with Crippen LogP contribution < -0.4 is 0 Å². The molecule has 0 aromatic heterocycles. The lowest BCUT2D eigenvalue weighted by atomic mass is 10.1. The molecule has 0 aliphatic heterocycles. The van der Waals surface area contributed by atoms with E-state index < -0.39 is 9.05 Å². The highest BCUT2D eigenvalue weighted by atomic mass is 35.7. The fourth-order valence-corrected chi connectivity index (χ4v) is 2.41. The molecular formula is C9H8ClNO3S. The lowest BCUT2D eigenvalue weighted by molar-refractivity contribution is 0.471. The summed E-state index contributed by atoms with van der Waals surface area (Å²) in [6.45, 7) is 1.74. The minimum atomic E-state index is -3.89. The first kappa shape index (κ1) is 11.8. The average Bonchev–Trinajstić information content (AvgIpc) is 2.16. The highest BCUT2D eigenvalue weighted by molar-refractivity contribution is 8.13. The van der Waals surface area contributed by atoms with Crippen molar-refractivity contribution in [2.24, 2.45) is 0 Å². The van der Waals surface area contributed by atoms with E-state index in [2.05, 4.69) is 0 Å². The van der Waals surface area contributed by atoms with E-state index in [-0.39, 0.29) is 16.2 Å². The molecule has 15 heavy (non-hydrogen) atoms. The van der Waals surface area contributed by atoms with Crippen LogP contribution in [0.3, 0.4) is 0 Å². The minimum Gasteiger partial charge on any atom is -0.507 e. The van der Waals surface area contributed by atoms with Gasteiger partial charge in [0.25, 0.3) is 9.05 Å². The predicted octanol–water partition coefficient (Wildman–Crippen LogP) is 1.75. The Morgan fingerprint density at radius 2 is 2.13 bits per heavy atom. The van der Waals surface area contributed by atoms with Gasteiger partial charge in [0.1, 0.15) is 11.8 Å². The van der Waals surface area contributed by atoms with Gasteiger partial charge in [-0.1, -0.05) is 6.92 Å². The summed E-state index contributed by atoms with van der Waals surface area (Å²) in [5, 5.41) is 18.0. The summed E-state index contributed by atoms with van der Waals surface area (Å²) in [6, 6.07) is 4.08. The second-order valence-corrected chi connectivity index (χ2v) is 5.41. The van der Waals surface area contributed by atoms with Gasteiger partial charge in [-0.2, -0.15) is 5.26 Å². The number of rotatable bonds is 2. The van der Waals surface area contributed by atoms with Gasteiger partial charge in [0.2, 0.25) is 0 Å². The van der Waals surface area contributed by atoms with Crippen LogP contribution in [0.2, 0.25) is 0 Å². The zero-order valence-electron chi connectivity index (χ0n) is 7.86. The van der Waals surface area contributed by atoms with Crippen molar-refractivity contribution in [1.29, 1.82) is 5.26 Å². The number of halogens is 1. The molecule has 0 spiro atoms. The predicted molar refractivity (Wildman–Crippen MR) is 55.2 cm³/mol. The topological polar surface area (TPSA) is 78.2 Å². The van der Waals surface area contributed by atoms with Gasteiger partial charge in [-0.05, 0) is 18.1 Å². The third-order valence-corrected chi connectivity index (χ3v) is 3.35. The number of nitriles is 1. The average molecular weight is 246 g/mol. The molecule has 0 amide bonds. The maximum atomic E-state index is 11.1. The van der Waals surface area contributed by atoms with E-state index in [0.717, 1.165) is 6.07 Å². The van der Waals surface area contributed by atoms with Crippen molar-refractivity contribution in [2.75, 3.05) is 0 Å². The van der Waals surface area contributed by atoms with E-state index in [1.807, 2.05) is 0 Å². The molecule has 0 heterocycles. The molecule has 0 fully saturated rings. The Kier molecular flexibility index (Phi) is 3.22. The van der Waals surface area contributed by atoms with Crippen LogP contribution in [0.1, 0.15) is 18.1 Å². The molecule has 0 saturated heterocycles. The van der Waals surface area contributed by atoms with Crippen LogP contribution in [0.4, 0.5) is 0 Å². The standard InChI is InChI=1S/C9H8ClNO3S/c1-2-6-3-7(5-11)8(12)4-9(6)15(10,13)14/h3-4,12H,2H2,1H3. The molecule has 0 bridgehead atoms. The summed E-state index contributed by atoms with van der Waals surface area (Å²) in [5.74, 6) is -0.381. The van der Waals surface area contributed by atoms with Crippen molar-refractivity contribution >= 4 is 19.7 Å². The fourth-order valence-electron chi connectivity index (χ4n) is 1.21. The molecule has 0 unspecified atom stereocenters. The SMILES string of the molecule is CCc1cc(C#N)c(O)cc1S(=O)(=O)Cl. The van der Waals surface area contributed by atoms with Gasteiger partial charge in [-0.25, -0.2) is 8.42 Å². The monoisotopic (exact) mass is 245 g/mol. The molecule has 6 heteroatoms. The van der Waals surface area contributed by atoms with Crippen LogP contribution in [0.25, 0.3) is 0 Å². The van der Waals surface area contributed by atoms with Gasteiger partial charge in [-0.15, -0.1) is 0 Å². The molecule has 80 valence electrons. The summed E-state index contributed by atoms with van der Waals surface area (Å²) in [7, 11) is 1.30. The van der Waals surface area contributed by atoms with Crippen molar-refractivity contribution in [3.63, 3.8) is 0 Å². The maximum Gasteiger partial charge on any atom is 0.261 e. The highest BCUT2D eigenvalue weighted by Crippen LogP contribution is 2.28. The van der Waals surface area contributed by atoms with E-state index in [9.17, 15) is 13.5 Å². The van der Waals surface area contributed by atoms with Gasteiger partial charge in [0, 0.05) is 16.7 Å². The van der Waals surface area contributed by atoms with Crippen LogP contribution in [-0.2, 0) is 15.5 Å². The van der Waals surface area contributed by atoms with Crippen molar-refractivity contribution in [1.82, 2.24) is 0 Å². The number of hydrogen-bond donors (Lipinski definition) is 1. The molecule has 0 radical (unpaired) electrons. The molecular weight excluding hydrogens is 238 g/mol. The summed E-state index contributed by atoms with van der Waals surface area (Å²) in [4.78, 5) is -0.150. The van der Waals surface area contributed by atoms with Gasteiger partial charge in [-0.3, -0.25) is 0 Å².